The predicted octanol–water partition coefficient (Wildman–Crippen LogP) is 1.95. The minimum Gasteiger partial charge on any atom is -0.341 e. The number of rotatable bonds is 4. The van der Waals surface area contributed by atoms with Gasteiger partial charge in [-0.25, -0.2) is 13.4 Å². The number of nitriles is 1. The quantitative estimate of drug-likeness (QED) is 0.664. The van der Waals surface area contributed by atoms with Gasteiger partial charge in [0.1, 0.15) is 16.3 Å². The minimum absolute atomic E-state index is 0.0289. The highest BCUT2D eigenvalue weighted by Crippen LogP contribution is 2.34. The molecular formula is C21H27N5O4S2. The van der Waals surface area contributed by atoms with Crippen LogP contribution in [0.2, 0.25) is 0 Å². The Morgan fingerprint density at radius 1 is 1.22 bits per heavy atom. The van der Waals surface area contributed by atoms with Crippen molar-refractivity contribution < 1.29 is 13.2 Å². The summed E-state index contributed by atoms with van der Waals surface area (Å²) in [5.41, 5.74) is -0.511. The summed E-state index contributed by atoms with van der Waals surface area (Å²) in [7, 11) is -3.83. The van der Waals surface area contributed by atoms with Crippen LogP contribution in [0.3, 0.4) is 0 Å². The summed E-state index contributed by atoms with van der Waals surface area (Å²) >= 11 is 1.19. The van der Waals surface area contributed by atoms with Crippen molar-refractivity contribution in [1.82, 2.24) is 18.8 Å². The van der Waals surface area contributed by atoms with Crippen molar-refractivity contribution in [3.63, 3.8) is 0 Å². The van der Waals surface area contributed by atoms with Crippen molar-refractivity contribution in [2.24, 2.45) is 11.8 Å². The van der Waals surface area contributed by atoms with E-state index in [2.05, 4.69) is 18.0 Å². The number of aromatic nitrogens is 2. The minimum atomic E-state index is -3.83. The predicted molar refractivity (Wildman–Crippen MR) is 121 cm³/mol. The number of hydrogen-bond donors (Lipinski definition) is 0. The summed E-state index contributed by atoms with van der Waals surface area (Å²) in [6.07, 6.45) is 4.14. The number of carbonyl (C=O) groups excluding carboxylic acids is 1. The monoisotopic (exact) mass is 477 g/mol. The molecule has 2 aromatic rings. The summed E-state index contributed by atoms with van der Waals surface area (Å²) in [5, 5.41) is 9.10. The molecule has 32 heavy (non-hydrogen) atoms. The van der Waals surface area contributed by atoms with Gasteiger partial charge in [0.05, 0.1) is 17.8 Å². The number of nitrogens with zero attached hydrogens (tertiary/aromatic N) is 5. The van der Waals surface area contributed by atoms with Crippen LogP contribution in [0.25, 0.3) is 10.2 Å². The smallest absolute Gasteiger partial charge is 0.263 e. The Morgan fingerprint density at radius 3 is 2.50 bits per heavy atom. The van der Waals surface area contributed by atoms with E-state index in [9.17, 15) is 18.0 Å². The zero-order valence-electron chi connectivity index (χ0n) is 18.3. The molecular weight excluding hydrogens is 450 g/mol. The summed E-state index contributed by atoms with van der Waals surface area (Å²) < 4.78 is 29.5. The Morgan fingerprint density at radius 2 is 1.88 bits per heavy atom. The van der Waals surface area contributed by atoms with E-state index in [0.717, 1.165) is 12.8 Å². The second-order valence-electron chi connectivity index (χ2n) is 8.72. The van der Waals surface area contributed by atoms with Crippen molar-refractivity contribution in [2.75, 3.05) is 26.2 Å². The van der Waals surface area contributed by atoms with Crippen LogP contribution in [0.15, 0.2) is 16.0 Å². The summed E-state index contributed by atoms with van der Waals surface area (Å²) in [6, 6.07) is 2.23. The second kappa shape index (κ2) is 8.92. The number of likely N-dealkylation sites (tertiary alicyclic amines) is 1. The molecule has 9 nitrogen and oxygen atoms in total. The van der Waals surface area contributed by atoms with Crippen LogP contribution in [-0.4, -0.2) is 59.3 Å². The van der Waals surface area contributed by atoms with E-state index < -0.39 is 15.6 Å². The molecule has 2 aliphatic heterocycles. The molecule has 0 aliphatic carbocycles. The molecule has 0 saturated carbocycles. The number of carbonyl (C=O) groups is 1. The third kappa shape index (κ3) is 4.19. The van der Waals surface area contributed by atoms with Gasteiger partial charge < -0.3 is 4.90 Å². The largest absolute Gasteiger partial charge is 0.341 e. The first-order valence-corrected chi connectivity index (χ1v) is 13.1. The molecule has 1 amide bonds. The highest BCUT2D eigenvalue weighted by atomic mass is 32.2. The molecule has 2 fully saturated rings. The highest BCUT2D eigenvalue weighted by Gasteiger charge is 2.34. The van der Waals surface area contributed by atoms with E-state index in [-0.39, 0.29) is 28.7 Å². The second-order valence-corrected chi connectivity index (χ2v) is 11.8. The number of thiophene rings is 1. The van der Waals surface area contributed by atoms with Gasteiger partial charge in [-0.05, 0) is 38.5 Å². The van der Waals surface area contributed by atoms with Crippen molar-refractivity contribution in [3.8, 4) is 6.07 Å². The molecule has 172 valence electrons. The molecule has 0 bridgehead atoms. The SMILES string of the molecule is Cc1sc2ncn(CC(=O)N3CCC(C#N)CC3)c(=O)c2c1S(=O)(=O)N1CCC(C)CC1. The van der Waals surface area contributed by atoms with Gasteiger partial charge in [0, 0.05) is 37.0 Å². The first-order chi connectivity index (χ1) is 15.2. The zero-order valence-corrected chi connectivity index (χ0v) is 19.9. The van der Waals surface area contributed by atoms with E-state index in [4.69, 9.17) is 5.26 Å². The molecule has 2 aliphatic rings. The van der Waals surface area contributed by atoms with E-state index in [1.807, 2.05) is 0 Å². The summed E-state index contributed by atoms with van der Waals surface area (Å²) in [6.45, 7) is 5.43. The summed E-state index contributed by atoms with van der Waals surface area (Å²) in [5.74, 6) is 0.204. The van der Waals surface area contributed by atoms with Gasteiger partial charge in [0.15, 0.2) is 0 Å². The maximum absolute atomic E-state index is 13.4. The normalized spacial score (nSPS) is 19.3. The van der Waals surface area contributed by atoms with Crippen LogP contribution in [0, 0.1) is 30.1 Å². The number of hydrogen-bond acceptors (Lipinski definition) is 7. The van der Waals surface area contributed by atoms with E-state index in [1.165, 1.54) is 26.5 Å². The van der Waals surface area contributed by atoms with E-state index in [1.54, 1.807) is 11.8 Å². The lowest BCUT2D eigenvalue weighted by Gasteiger charge is -2.29. The fraction of sp³-hybridized carbons (Fsp3) is 0.619. The fourth-order valence-electron chi connectivity index (χ4n) is 4.39. The number of aryl methyl sites for hydroxylation is 1. The van der Waals surface area contributed by atoms with Crippen molar-refractivity contribution in [2.45, 2.75) is 51.0 Å². The maximum atomic E-state index is 13.4. The Labute approximate surface area is 191 Å². The molecule has 0 atom stereocenters. The molecule has 2 saturated heterocycles. The first-order valence-electron chi connectivity index (χ1n) is 10.9. The fourth-order valence-corrected chi connectivity index (χ4v) is 7.53. The van der Waals surface area contributed by atoms with Gasteiger partial charge in [0.2, 0.25) is 15.9 Å². The van der Waals surface area contributed by atoms with Crippen LogP contribution in [0.5, 0.6) is 0 Å². The lowest BCUT2D eigenvalue weighted by atomic mass is 9.99. The number of amides is 1. The average molecular weight is 478 g/mol. The summed E-state index contributed by atoms with van der Waals surface area (Å²) in [4.78, 5) is 32.9. The van der Waals surface area contributed by atoms with Crippen LogP contribution < -0.4 is 5.56 Å². The average Bonchev–Trinajstić information content (AvgIpc) is 3.13. The lowest BCUT2D eigenvalue weighted by Crippen LogP contribution is -2.41. The zero-order chi connectivity index (χ0) is 23.0. The van der Waals surface area contributed by atoms with Crippen LogP contribution in [0.4, 0.5) is 0 Å². The van der Waals surface area contributed by atoms with Gasteiger partial charge in [-0.3, -0.25) is 14.2 Å². The third-order valence-corrected chi connectivity index (χ3v) is 9.69. The number of piperidine rings is 2. The first kappa shape index (κ1) is 22.9. The van der Waals surface area contributed by atoms with Crippen LogP contribution in [-0.2, 0) is 21.4 Å². The topological polar surface area (TPSA) is 116 Å². The molecule has 4 heterocycles. The molecule has 0 spiro atoms. The standard InChI is InChI=1S/C21H27N5O4S2/c1-14-3-9-26(10-4-14)32(29,30)19-15(2)31-20-18(19)21(28)25(13-23-20)12-17(27)24-7-5-16(11-22)6-8-24/h13-14,16H,3-10,12H2,1-2H3. The lowest BCUT2D eigenvalue weighted by molar-refractivity contribution is -0.133. The van der Waals surface area contributed by atoms with Crippen molar-refractivity contribution in [1.29, 1.82) is 5.26 Å². The maximum Gasteiger partial charge on any atom is 0.263 e. The van der Waals surface area contributed by atoms with Gasteiger partial charge in [-0.2, -0.15) is 9.57 Å². The van der Waals surface area contributed by atoms with Gasteiger partial charge in [0.25, 0.3) is 5.56 Å². The van der Waals surface area contributed by atoms with Crippen molar-refractivity contribution >= 4 is 37.5 Å². The van der Waals surface area contributed by atoms with Crippen LogP contribution in [0.1, 0.15) is 37.5 Å². The van der Waals surface area contributed by atoms with Crippen LogP contribution >= 0.6 is 11.3 Å². The van der Waals surface area contributed by atoms with Gasteiger partial charge in [-0.15, -0.1) is 11.3 Å². The Balaban J connectivity index is 1.65. The Hall–Kier alpha value is -2.29. The Kier molecular flexibility index (Phi) is 6.38. The van der Waals surface area contributed by atoms with E-state index in [0.29, 0.717) is 54.6 Å². The molecule has 0 aromatic carbocycles. The molecule has 11 heteroatoms. The third-order valence-electron chi connectivity index (χ3n) is 6.48. The van der Waals surface area contributed by atoms with E-state index >= 15 is 0 Å². The Bertz CT molecular complexity index is 1230. The van der Waals surface area contributed by atoms with Crippen molar-refractivity contribution in [3.05, 3.63) is 21.6 Å². The molecule has 0 radical (unpaired) electrons. The number of sulfonamides is 1. The highest BCUT2D eigenvalue weighted by molar-refractivity contribution is 7.89. The van der Waals surface area contributed by atoms with Gasteiger partial charge >= 0.3 is 0 Å². The molecule has 0 unspecified atom stereocenters. The molecule has 2 aromatic heterocycles. The van der Waals surface area contributed by atoms with Gasteiger partial charge in [-0.1, -0.05) is 6.92 Å². The molecule has 0 N–H and O–H groups in total. The molecule has 4 rings (SSSR count). The number of fused-ring (bicyclic) bond motifs is 1.